The second-order valence-corrected chi connectivity index (χ2v) is 12.0. The third-order valence-corrected chi connectivity index (χ3v) is 4.37. The first-order chi connectivity index (χ1) is 11.2. The molecule has 2 unspecified atom stereocenters. The van der Waals surface area contributed by atoms with Crippen LogP contribution in [-0.2, 0) is 14.3 Å². The smallest absolute Gasteiger partial charge is 0.344 e. The predicted molar refractivity (Wildman–Crippen MR) is 94.1 cm³/mol. The van der Waals surface area contributed by atoms with Crippen molar-refractivity contribution in [3.05, 3.63) is 39.5 Å². The summed E-state index contributed by atoms with van der Waals surface area (Å²) < 4.78 is 28.5. The number of halogens is 5. The Hall–Kier alpha value is -0.580. The van der Waals surface area contributed by atoms with E-state index in [0.717, 1.165) is 6.07 Å². The summed E-state index contributed by atoms with van der Waals surface area (Å²) in [4.78, 5) is 14.8. The molecule has 1 aromatic carbocycles. The van der Waals surface area contributed by atoms with Gasteiger partial charge in [0, 0.05) is 11.0 Å². The Labute approximate surface area is 165 Å². The number of ether oxygens (including phenoxy) is 3. The third kappa shape index (κ3) is 4.53. The summed E-state index contributed by atoms with van der Waals surface area (Å²) in [6.45, 7) is -0.719. The Morgan fingerprint density at radius 2 is 2.21 bits per heavy atom. The number of hydrogen-bond donors (Lipinski definition) is 0. The minimum absolute atomic E-state index is 0.0645. The molecule has 0 aliphatic carbocycles. The van der Waals surface area contributed by atoms with Crippen molar-refractivity contribution in [3.8, 4) is 5.75 Å². The molecule has 0 aromatic heterocycles. The molecule has 12 heteroatoms. The first kappa shape index (κ1) is 19.7. The van der Waals surface area contributed by atoms with Gasteiger partial charge in [-0.15, -0.1) is 0 Å². The molecule has 1 fully saturated rings. The van der Waals surface area contributed by atoms with Crippen molar-refractivity contribution in [3.63, 3.8) is 0 Å². The molecule has 0 saturated carbocycles. The molecule has 0 bridgehead atoms. The van der Waals surface area contributed by atoms with E-state index in [1.54, 1.807) is 0 Å². The van der Waals surface area contributed by atoms with E-state index < -0.39 is 25.8 Å². The molecule has 130 valence electrons. The number of hydrogen-bond acceptors (Lipinski definition) is 5. The lowest BCUT2D eigenvalue weighted by Gasteiger charge is -2.24. The Kier molecular flexibility index (Phi) is 6.38. The van der Waals surface area contributed by atoms with E-state index in [1.165, 1.54) is 12.1 Å². The molecule has 0 N–H and O–H groups in total. The van der Waals surface area contributed by atoms with Gasteiger partial charge < -0.3 is 14.2 Å². The SMILES string of the molecule is [N-]=[N+]=NCC1(COc2ccc(Cl)c(F)c2)OC(C(Br)(Br)Br)OC1=O. The van der Waals surface area contributed by atoms with Crippen LogP contribution in [0.5, 0.6) is 5.75 Å². The topological polar surface area (TPSA) is 93.5 Å². The summed E-state index contributed by atoms with van der Waals surface area (Å²) in [6.07, 6.45) is -1.07. The standard InChI is InChI=1S/C12H8Br3ClFN3O4/c13-12(14,15)10-23-9(21)11(24-10,4-19-20-18)5-22-6-1-2-7(16)8(17)3-6/h1-3,10H,4-5H2. The second kappa shape index (κ2) is 7.76. The summed E-state index contributed by atoms with van der Waals surface area (Å²) in [5.74, 6) is -1.33. The van der Waals surface area contributed by atoms with Gasteiger partial charge in [-0.1, -0.05) is 64.5 Å². The molecule has 1 aliphatic heterocycles. The van der Waals surface area contributed by atoms with Crippen molar-refractivity contribution in [1.29, 1.82) is 0 Å². The lowest BCUT2D eigenvalue weighted by Crippen LogP contribution is -2.46. The van der Waals surface area contributed by atoms with Gasteiger partial charge in [0.05, 0.1) is 11.6 Å². The second-order valence-electron chi connectivity index (χ2n) is 4.64. The maximum Gasteiger partial charge on any atom is 0.344 e. The fourth-order valence-electron chi connectivity index (χ4n) is 1.77. The normalized spacial score (nSPS) is 23.5. The Bertz CT molecular complexity index is 699. The minimum Gasteiger partial charge on any atom is -0.490 e. The quantitative estimate of drug-likeness (QED) is 0.175. The Morgan fingerprint density at radius 1 is 1.50 bits per heavy atom. The Balaban J connectivity index is 2.20. The van der Waals surface area contributed by atoms with E-state index >= 15 is 0 Å². The molecule has 1 aliphatic rings. The van der Waals surface area contributed by atoms with Crippen molar-refractivity contribution in [2.45, 2.75) is 14.0 Å². The summed E-state index contributed by atoms with van der Waals surface area (Å²) in [7, 11) is 0. The Morgan fingerprint density at radius 3 is 2.75 bits per heavy atom. The number of benzene rings is 1. The number of esters is 1. The molecule has 1 aromatic rings. The zero-order chi connectivity index (χ0) is 18.0. The van der Waals surface area contributed by atoms with Crippen LogP contribution < -0.4 is 4.74 Å². The number of alkyl halides is 3. The van der Waals surface area contributed by atoms with Gasteiger partial charge in [-0.05, 0) is 17.7 Å². The highest BCUT2D eigenvalue weighted by atomic mass is 80.0. The molecule has 0 amide bonds. The largest absolute Gasteiger partial charge is 0.490 e. The first-order valence-electron chi connectivity index (χ1n) is 6.22. The molecule has 24 heavy (non-hydrogen) atoms. The number of nitrogens with zero attached hydrogens (tertiary/aromatic N) is 3. The van der Waals surface area contributed by atoms with Gasteiger partial charge in [0.25, 0.3) is 0 Å². The van der Waals surface area contributed by atoms with Crippen LogP contribution in [0.1, 0.15) is 0 Å². The molecule has 1 saturated heterocycles. The molecular weight excluding hydrogens is 544 g/mol. The average molecular weight is 552 g/mol. The van der Waals surface area contributed by atoms with Crippen molar-refractivity contribution in [2.75, 3.05) is 13.2 Å². The van der Waals surface area contributed by atoms with Crippen LogP contribution in [0.2, 0.25) is 5.02 Å². The van der Waals surface area contributed by atoms with Crippen LogP contribution in [0.3, 0.4) is 0 Å². The van der Waals surface area contributed by atoms with Crippen LogP contribution in [0.15, 0.2) is 23.3 Å². The monoisotopic (exact) mass is 549 g/mol. The van der Waals surface area contributed by atoms with Gasteiger partial charge in [0.2, 0.25) is 11.9 Å². The van der Waals surface area contributed by atoms with Gasteiger partial charge in [0.1, 0.15) is 18.2 Å². The van der Waals surface area contributed by atoms with E-state index in [9.17, 15) is 9.18 Å². The molecule has 0 spiro atoms. The van der Waals surface area contributed by atoms with Crippen LogP contribution in [-0.4, -0.2) is 33.2 Å². The summed E-state index contributed by atoms with van der Waals surface area (Å²) in [5.41, 5.74) is 6.85. The van der Waals surface area contributed by atoms with Crippen LogP contribution in [0.25, 0.3) is 10.4 Å². The van der Waals surface area contributed by atoms with Gasteiger partial charge in [-0.3, -0.25) is 0 Å². The minimum atomic E-state index is -1.67. The lowest BCUT2D eigenvalue weighted by molar-refractivity contribution is -0.145. The number of carbonyl (C=O) groups is 1. The average Bonchev–Trinajstić information content (AvgIpc) is 2.84. The number of rotatable bonds is 5. The van der Waals surface area contributed by atoms with Crippen molar-refractivity contribution < 1.29 is 23.4 Å². The van der Waals surface area contributed by atoms with E-state index in [4.69, 9.17) is 31.3 Å². The highest BCUT2D eigenvalue weighted by molar-refractivity contribution is 9.39. The molecule has 2 atom stereocenters. The van der Waals surface area contributed by atoms with Crippen LogP contribution in [0.4, 0.5) is 4.39 Å². The van der Waals surface area contributed by atoms with Crippen molar-refractivity contribution >= 4 is 65.4 Å². The number of azide groups is 1. The number of cyclic esters (lactones) is 1. The first-order valence-corrected chi connectivity index (χ1v) is 8.98. The lowest BCUT2D eigenvalue weighted by atomic mass is 10.1. The highest BCUT2D eigenvalue weighted by Crippen LogP contribution is 2.44. The van der Waals surface area contributed by atoms with E-state index in [2.05, 4.69) is 57.8 Å². The summed E-state index contributed by atoms with van der Waals surface area (Å²) in [5, 5.41) is 3.31. The summed E-state index contributed by atoms with van der Waals surface area (Å²) >= 11 is 15.2. The molecule has 1 heterocycles. The van der Waals surface area contributed by atoms with Crippen molar-refractivity contribution in [1.82, 2.24) is 0 Å². The summed E-state index contributed by atoms with van der Waals surface area (Å²) in [6, 6.07) is 3.79. The zero-order valence-electron chi connectivity index (χ0n) is 11.6. The third-order valence-electron chi connectivity index (χ3n) is 2.94. The fraction of sp³-hybridized carbons (Fsp3) is 0.417. The van der Waals surface area contributed by atoms with Gasteiger partial charge in [-0.2, -0.15) is 0 Å². The molecular formula is C12H8Br3ClFN3O4. The molecule has 2 rings (SSSR count). The van der Waals surface area contributed by atoms with Gasteiger partial charge in [0.15, 0.2) is 2.14 Å². The van der Waals surface area contributed by atoms with Crippen LogP contribution in [0, 0.1) is 5.82 Å². The molecule has 7 nitrogen and oxygen atoms in total. The fourth-order valence-corrected chi connectivity index (χ4v) is 2.45. The zero-order valence-corrected chi connectivity index (χ0v) is 17.1. The molecule has 0 radical (unpaired) electrons. The van der Waals surface area contributed by atoms with E-state index in [0.29, 0.717) is 0 Å². The van der Waals surface area contributed by atoms with Gasteiger partial charge in [-0.25, -0.2) is 9.18 Å². The van der Waals surface area contributed by atoms with Gasteiger partial charge >= 0.3 is 5.97 Å². The highest BCUT2D eigenvalue weighted by Gasteiger charge is 2.56. The van der Waals surface area contributed by atoms with Crippen molar-refractivity contribution in [2.24, 2.45) is 5.11 Å². The maximum absolute atomic E-state index is 13.5. The van der Waals surface area contributed by atoms with E-state index in [1.807, 2.05) is 0 Å². The van der Waals surface area contributed by atoms with E-state index in [-0.39, 0.29) is 23.9 Å². The predicted octanol–water partition coefficient (Wildman–Crippen LogP) is 4.65. The number of carbonyl (C=O) groups excluding carboxylic acids is 1. The maximum atomic E-state index is 13.5. The van der Waals surface area contributed by atoms with Crippen LogP contribution >= 0.6 is 59.4 Å².